The number of carbonyl (C=O) groups excluding carboxylic acids is 1. The van der Waals surface area contributed by atoms with Crippen molar-refractivity contribution in [1.29, 1.82) is 0 Å². The Morgan fingerprint density at radius 3 is 2.40 bits per heavy atom. The lowest BCUT2D eigenvalue weighted by molar-refractivity contribution is -0.117. The van der Waals surface area contributed by atoms with Crippen molar-refractivity contribution in [2.24, 2.45) is 0 Å². The first-order valence-corrected chi connectivity index (χ1v) is 10.4. The van der Waals surface area contributed by atoms with Crippen molar-refractivity contribution in [2.45, 2.75) is 40.8 Å². The number of hydrogen-bond donors (Lipinski definition) is 1. The second-order valence-electron chi connectivity index (χ2n) is 7.89. The lowest BCUT2D eigenvalue weighted by Crippen LogP contribution is -2.30. The quantitative estimate of drug-likeness (QED) is 0.587. The number of para-hydroxylation sites is 1. The molecule has 1 N–H and O–H groups in total. The van der Waals surface area contributed by atoms with Gasteiger partial charge in [-0.25, -0.2) is 0 Å². The molecule has 0 bridgehead atoms. The number of hydrogen-bond acceptors (Lipinski definition) is 3. The molecule has 0 radical (unpaired) electrons. The second-order valence-corrected chi connectivity index (χ2v) is 8.29. The normalized spacial score (nSPS) is 11.2. The highest BCUT2D eigenvalue weighted by atomic mass is 35.5. The van der Waals surface area contributed by atoms with Crippen LogP contribution in [0.15, 0.2) is 42.5 Å². The lowest BCUT2D eigenvalue weighted by Gasteiger charge is -2.18. The predicted octanol–water partition coefficient (Wildman–Crippen LogP) is 4.89. The number of carbonyl (C=O) groups is 1. The summed E-state index contributed by atoms with van der Waals surface area (Å²) >= 11 is 6.31. The molecule has 0 fully saturated rings. The number of anilines is 1. The molecule has 158 valence electrons. The molecule has 1 amide bonds. The fourth-order valence-electron chi connectivity index (χ4n) is 3.67. The van der Waals surface area contributed by atoms with Crippen molar-refractivity contribution in [3.05, 3.63) is 81.1 Å². The molecule has 0 saturated carbocycles. The summed E-state index contributed by atoms with van der Waals surface area (Å²) in [5, 5.41) is 8.50. The first-order valence-electron chi connectivity index (χ1n) is 10.1. The standard InChI is InChI=1S/C24H29ClN4O/c1-16-9-8-10-17(2)24(16)26-23(30)15-28(5)14-21-18(3)27-29(19(21)4)13-20-11-6-7-12-22(20)25/h6-12H,13-15H2,1-5H3,(H,26,30). The molecule has 1 aromatic heterocycles. The second kappa shape index (κ2) is 9.45. The summed E-state index contributed by atoms with van der Waals surface area (Å²) in [4.78, 5) is 14.6. The van der Waals surface area contributed by atoms with Crippen LogP contribution in [-0.2, 0) is 17.9 Å². The van der Waals surface area contributed by atoms with Crippen molar-refractivity contribution in [3.63, 3.8) is 0 Å². The highest BCUT2D eigenvalue weighted by molar-refractivity contribution is 6.31. The molecule has 0 aliphatic rings. The van der Waals surface area contributed by atoms with E-state index in [2.05, 4.69) is 12.2 Å². The minimum absolute atomic E-state index is 0.0198. The minimum Gasteiger partial charge on any atom is -0.324 e. The van der Waals surface area contributed by atoms with Gasteiger partial charge in [-0.2, -0.15) is 5.10 Å². The molecule has 0 atom stereocenters. The van der Waals surface area contributed by atoms with Crippen molar-refractivity contribution in [3.8, 4) is 0 Å². The number of likely N-dealkylation sites (N-methyl/N-ethyl adjacent to an activating group) is 1. The predicted molar refractivity (Wildman–Crippen MR) is 123 cm³/mol. The summed E-state index contributed by atoms with van der Waals surface area (Å²) < 4.78 is 1.98. The number of nitrogens with zero attached hydrogens (tertiary/aromatic N) is 3. The van der Waals surface area contributed by atoms with E-state index in [0.717, 1.165) is 44.4 Å². The van der Waals surface area contributed by atoms with Crippen molar-refractivity contribution in [1.82, 2.24) is 14.7 Å². The van der Waals surface area contributed by atoms with E-state index in [4.69, 9.17) is 16.7 Å². The van der Waals surface area contributed by atoms with Crippen LogP contribution in [0.4, 0.5) is 5.69 Å². The fraction of sp³-hybridized carbons (Fsp3) is 0.333. The zero-order valence-corrected chi connectivity index (χ0v) is 19.0. The molecule has 0 spiro atoms. The average Bonchev–Trinajstić information content (AvgIpc) is 2.94. The molecule has 5 nitrogen and oxygen atoms in total. The number of amides is 1. The lowest BCUT2D eigenvalue weighted by atomic mass is 10.1. The SMILES string of the molecule is Cc1cccc(C)c1NC(=O)CN(C)Cc1c(C)nn(Cc2ccccc2Cl)c1C. The van der Waals surface area contributed by atoms with Gasteiger partial charge in [0.25, 0.3) is 0 Å². The van der Waals surface area contributed by atoms with Crippen LogP contribution in [0, 0.1) is 27.7 Å². The Kier molecular flexibility index (Phi) is 6.95. The molecule has 1 heterocycles. The van der Waals surface area contributed by atoms with Gasteiger partial charge in [0.2, 0.25) is 5.91 Å². The van der Waals surface area contributed by atoms with E-state index in [1.165, 1.54) is 0 Å². The van der Waals surface area contributed by atoms with E-state index in [-0.39, 0.29) is 5.91 Å². The molecule has 2 aromatic carbocycles. The number of benzene rings is 2. The Morgan fingerprint density at radius 1 is 1.07 bits per heavy atom. The first-order chi connectivity index (χ1) is 14.3. The fourth-order valence-corrected chi connectivity index (χ4v) is 3.86. The Balaban J connectivity index is 1.66. The Morgan fingerprint density at radius 2 is 1.73 bits per heavy atom. The van der Waals surface area contributed by atoms with E-state index in [1.807, 2.05) is 79.9 Å². The van der Waals surface area contributed by atoms with Crippen LogP contribution in [0.1, 0.15) is 33.6 Å². The van der Waals surface area contributed by atoms with Gasteiger partial charge < -0.3 is 5.32 Å². The van der Waals surface area contributed by atoms with Gasteiger partial charge in [0.05, 0.1) is 18.8 Å². The van der Waals surface area contributed by atoms with Gasteiger partial charge >= 0.3 is 0 Å². The zero-order valence-electron chi connectivity index (χ0n) is 18.3. The summed E-state index contributed by atoms with van der Waals surface area (Å²) in [6.45, 7) is 9.68. The maximum absolute atomic E-state index is 12.6. The topological polar surface area (TPSA) is 50.2 Å². The van der Waals surface area contributed by atoms with Crippen LogP contribution in [0.3, 0.4) is 0 Å². The molecule has 0 saturated heterocycles. The van der Waals surface area contributed by atoms with Crippen molar-refractivity contribution < 1.29 is 4.79 Å². The number of aryl methyl sites for hydroxylation is 3. The maximum Gasteiger partial charge on any atom is 0.238 e. The number of aromatic nitrogens is 2. The third-order valence-electron chi connectivity index (χ3n) is 5.40. The summed E-state index contributed by atoms with van der Waals surface area (Å²) in [7, 11) is 1.95. The molecule has 30 heavy (non-hydrogen) atoms. The van der Waals surface area contributed by atoms with Crippen LogP contribution in [-0.4, -0.2) is 34.2 Å². The van der Waals surface area contributed by atoms with Gasteiger partial charge in [0.15, 0.2) is 0 Å². The Bertz CT molecular complexity index is 1040. The van der Waals surface area contributed by atoms with Crippen LogP contribution < -0.4 is 5.32 Å². The summed E-state index contributed by atoms with van der Waals surface area (Å²) in [6, 6.07) is 13.8. The number of rotatable bonds is 7. The third kappa shape index (κ3) is 5.10. The van der Waals surface area contributed by atoms with E-state index in [1.54, 1.807) is 0 Å². The largest absolute Gasteiger partial charge is 0.324 e. The van der Waals surface area contributed by atoms with Crippen molar-refractivity contribution >= 4 is 23.2 Å². The third-order valence-corrected chi connectivity index (χ3v) is 5.77. The van der Waals surface area contributed by atoms with Crippen molar-refractivity contribution in [2.75, 3.05) is 18.9 Å². The van der Waals surface area contributed by atoms with E-state index < -0.39 is 0 Å². The monoisotopic (exact) mass is 424 g/mol. The van der Waals surface area contributed by atoms with Gasteiger partial charge in [0.1, 0.15) is 0 Å². The molecule has 0 unspecified atom stereocenters. The molecule has 3 aromatic rings. The van der Waals surface area contributed by atoms with Crippen LogP contribution in [0.5, 0.6) is 0 Å². The van der Waals surface area contributed by atoms with Gasteiger partial charge in [-0.15, -0.1) is 0 Å². The van der Waals surface area contributed by atoms with E-state index in [9.17, 15) is 4.79 Å². The van der Waals surface area contributed by atoms with Gasteiger partial charge in [-0.1, -0.05) is 48.0 Å². The summed E-state index contributed by atoms with van der Waals surface area (Å²) in [5.41, 5.74) is 7.28. The highest BCUT2D eigenvalue weighted by Gasteiger charge is 2.16. The summed E-state index contributed by atoms with van der Waals surface area (Å²) in [6.07, 6.45) is 0. The van der Waals surface area contributed by atoms with Crippen LogP contribution >= 0.6 is 11.6 Å². The molecule has 0 aliphatic heterocycles. The maximum atomic E-state index is 12.6. The minimum atomic E-state index is -0.0198. The molecule has 0 aliphatic carbocycles. The number of halogens is 1. The molecule has 6 heteroatoms. The number of nitrogens with one attached hydrogen (secondary N) is 1. The van der Waals surface area contributed by atoms with E-state index >= 15 is 0 Å². The Hall–Kier alpha value is -2.63. The van der Waals surface area contributed by atoms with Crippen LogP contribution in [0.2, 0.25) is 5.02 Å². The molecular weight excluding hydrogens is 396 g/mol. The smallest absolute Gasteiger partial charge is 0.238 e. The van der Waals surface area contributed by atoms with Gasteiger partial charge in [-0.3, -0.25) is 14.4 Å². The highest BCUT2D eigenvalue weighted by Crippen LogP contribution is 2.21. The van der Waals surface area contributed by atoms with Gasteiger partial charge in [0, 0.05) is 28.5 Å². The zero-order chi connectivity index (χ0) is 21.8. The van der Waals surface area contributed by atoms with Crippen LogP contribution in [0.25, 0.3) is 0 Å². The molecular formula is C24H29ClN4O. The van der Waals surface area contributed by atoms with Gasteiger partial charge in [-0.05, 0) is 57.5 Å². The molecule has 3 rings (SSSR count). The summed E-state index contributed by atoms with van der Waals surface area (Å²) in [5.74, 6) is -0.0198. The Labute approximate surface area is 183 Å². The van der Waals surface area contributed by atoms with E-state index in [0.29, 0.717) is 19.6 Å². The first kappa shape index (κ1) is 22.1. The average molecular weight is 425 g/mol.